The van der Waals surface area contributed by atoms with Crippen LogP contribution in [0, 0.1) is 0 Å². The predicted octanol–water partition coefficient (Wildman–Crippen LogP) is 3.41. The Balaban J connectivity index is 1.59. The monoisotopic (exact) mass is 421 g/mol. The van der Waals surface area contributed by atoms with Gasteiger partial charge in [-0.3, -0.25) is 4.79 Å². The van der Waals surface area contributed by atoms with E-state index in [9.17, 15) is 13.2 Å². The lowest BCUT2D eigenvalue weighted by Gasteiger charge is -2.17. The van der Waals surface area contributed by atoms with Crippen LogP contribution < -0.4 is 10.6 Å². The fourth-order valence-corrected chi connectivity index (χ4v) is 4.82. The van der Waals surface area contributed by atoms with Crippen molar-refractivity contribution in [3.8, 4) is 0 Å². The van der Waals surface area contributed by atoms with E-state index < -0.39 is 10.0 Å². The van der Waals surface area contributed by atoms with Gasteiger partial charge in [-0.1, -0.05) is 29.8 Å². The molecule has 1 aliphatic heterocycles. The Labute approximate surface area is 170 Å². The number of halogens is 1. The summed E-state index contributed by atoms with van der Waals surface area (Å²) in [6.07, 6.45) is 1.76. The molecular weight excluding hydrogens is 398 g/mol. The number of hydrogen-bond acceptors (Lipinski definition) is 4. The van der Waals surface area contributed by atoms with Crippen LogP contribution in [-0.2, 0) is 14.8 Å². The molecule has 3 rings (SSSR count). The van der Waals surface area contributed by atoms with Crippen molar-refractivity contribution in [2.75, 3.05) is 25.0 Å². The van der Waals surface area contributed by atoms with Crippen molar-refractivity contribution in [1.29, 1.82) is 0 Å². The summed E-state index contributed by atoms with van der Waals surface area (Å²) in [7, 11) is -3.51. The molecule has 2 aromatic carbocycles. The Bertz CT molecular complexity index is 926. The summed E-state index contributed by atoms with van der Waals surface area (Å²) in [6, 6.07) is 13.8. The maximum atomic E-state index is 12.7. The SMILES string of the molecule is C[C@@H](NCC(=O)Nc1cccc(S(=O)(=O)N2CCCC2)c1)c1ccc(Cl)cc1. The number of nitrogens with zero attached hydrogens (tertiary/aromatic N) is 1. The number of amides is 1. The van der Waals surface area contributed by atoms with Crippen molar-refractivity contribution >= 4 is 33.2 Å². The average molecular weight is 422 g/mol. The zero-order valence-corrected chi connectivity index (χ0v) is 17.3. The standard InChI is InChI=1S/C20H24ClN3O3S/c1-15(16-7-9-17(21)10-8-16)22-14-20(25)23-18-5-4-6-19(13-18)28(26,27)24-11-2-3-12-24/h4-10,13,15,22H,2-3,11-12,14H2,1H3,(H,23,25)/t15-/m1/s1. The van der Waals surface area contributed by atoms with E-state index in [0.29, 0.717) is 23.8 Å². The van der Waals surface area contributed by atoms with E-state index in [0.717, 1.165) is 18.4 Å². The topological polar surface area (TPSA) is 78.5 Å². The lowest BCUT2D eigenvalue weighted by molar-refractivity contribution is -0.115. The number of anilines is 1. The maximum Gasteiger partial charge on any atom is 0.243 e. The van der Waals surface area contributed by atoms with Crippen LogP contribution in [0.3, 0.4) is 0 Å². The van der Waals surface area contributed by atoms with Crippen molar-refractivity contribution in [2.45, 2.75) is 30.7 Å². The number of benzene rings is 2. The highest BCUT2D eigenvalue weighted by Gasteiger charge is 2.27. The lowest BCUT2D eigenvalue weighted by atomic mass is 10.1. The Morgan fingerprint density at radius 1 is 1.14 bits per heavy atom. The molecule has 0 aromatic heterocycles. The van der Waals surface area contributed by atoms with Gasteiger partial charge in [-0.2, -0.15) is 4.31 Å². The van der Waals surface area contributed by atoms with Gasteiger partial charge in [0.15, 0.2) is 0 Å². The Kier molecular flexibility index (Phi) is 6.72. The molecule has 8 heteroatoms. The molecule has 2 N–H and O–H groups in total. The molecule has 0 unspecified atom stereocenters. The summed E-state index contributed by atoms with van der Waals surface area (Å²) in [6.45, 7) is 3.16. The minimum absolute atomic E-state index is 0.0232. The third-order valence-electron chi connectivity index (χ3n) is 4.76. The summed E-state index contributed by atoms with van der Waals surface area (Å²) in [4.78, 5) is 12.5. The fourth-order valence-electron chi connectivity index (χ4n) is 3.13. The molecule has 0 bridgehead atoms. The highest BCUT2D eigenvalue weighted by Crippen LogP contribution is 2.23. The van der Waals surface area contributed by atoms with Gasteiger partial charge in [0.05, 0.1) is 11.4 Å². The van der Waals surface area contributed by atoms with Gasteiger partial charge in [-0.05, 0) is 55.7 Å². The molecule has 0 spiro atoms. The van der Waals surface area contributed by atoms with Gasteiger partial charge in [-0.25, -0.2) is 8.42 Å². The van der Waals surface area contributed by atoms with Gasteiger partial charge in [-0.15, -0.1) is 0 Å². The first kappa shape index (κ1) is 20.8. The maximum absolute atomic E-state index is 12.7. The molecule has 28 heavy (non-hydrogen) atoms. The first-order valence-corrected chi connectivity index (χ1v) is 11.1. The van der Waals surface area contributed by atoms with Crippen LogP contribution >= 0.6 is 11.6 Å². The molecular formula is C20H24ClN3O3S. The van der Waals surface area contributed by atoms with Gasteiger partial charge in [0, 0.05) is 29.8 Å². The van der Waals surface area contributed by atoms with Crippen LogP contribution in [0.5, 0.6) is 0 Å². The van der Waals surface area contributed by atoms with E-state index in [1.807, 2.05) is 19.1 Å². The van der Waals surface area contributed by atoms with E-state index in [4.69, 9.17) is 11.6 Å². The smallest absolute Gasteiger partial charge is 0.243 e. The van der Waals surface area contributed by atoms with Crippen molar-refractivity contribution < 1.29 is 13.2 Å². The normalized spacial score (nSPS) is 16.1. The summed E-state index contributed by atoms with van der Waals surface area (Å²) in [5, 5.41) is 6.57. The van der Waals surface area contributed by atoms with Crippen molar-refractivity contribution in [3.05, 3.63) is 59.1 Å². The fraction of sp³-hybridized carbons (Fsp3) is 0.350. The number of carbonyl (C=O) groups is 1. The average Bonchev–Trinajstić information content (AvgIpc) is 3.22. The molecule has 0 radical (unpaired) electrons. The molecule has 1 aliphatic rings. The van der Waals surface area contributed by atoms with Crippen molar-refractivity contribution in [2.24, 2.45) is 0 Å². The third kappa shape index (κ3) is 5.11. The number of sulfonamides is 1. The van der Waals surface area contributed by atoms with E-state index in [2.05, 4.69) is 10.6 Å². The summed E-state index contributed by atoms with van der Waals surface area (Å²) in [5.74, 6) is -0.239. The molecule has 1 fully saturated rings. The van der Waals surface area contributed by atoms with Crippen molar-refractivity contribution in [3.63, 3.8) is 0 Å². The minimum Gasteiger partial charge on any atom is -0.325 e. The van der Waals surface area contributed by atoms with Crippen LogP contribution in [-0.4, -0.2) is 38.3 Å². The van der Waals surface area contributed by atoms with Crippen LogP contribution in [0.1, 0.15) is 31.4 Å². The number of rotatable bonds is 7. The minimum atomic E-state index is -3.51. The quantitative estimate of drug-likeness (QED) is 0.718. The first-order chi connectivity index (χ1) is 13.4. The molecule has 1 heterocycles. The third-order valence-corrected chi connectivity index (χ3v) is 6.91. The lowest BCUT2D eigenvalue weighted by Crippen LogP contribution is -2.30. The van der Waals surface area contributed by atoms with Crippen LogP contribution in [0.2, 0.25) is 5.02 Å². The number of nitrogens with one attached hydrogen (secondary N) is 2. The van der Waals surface area contributed by atoms with Gasteiger partial charge in [0.1, 0.15) is 0 Å². The van der Waals surface area contributed by atoms with E-state index in [1.165, 1.54) is 10.4 Å². The Morgan fingerprint density at radius 2 is 1.82 bits per heavy atom. The van der Waals surface area contributed by atoms with E-state index in [1.54, 1.807) is 30.3 Å². The van der Waals surface area contributed by atoms with E-state index in [-0.39, 0.29) is 23.4 Å². The van der Waals surface area contributed by atoms with Gasteiger partial charge >= 0.3 is 0 Å². The predicted molar refractivity (Wildman–Crippen MR) is 111 cm³/mol. The highest BCUT2D eigenvalue weighted by molar-refractivity contribution is 7.89. The van der Waals surface area contributed by atoms with Crippen LogP contribution in [0.4, 0.5) is 5.69 Å². The second kappa shape index (κ2) is 9.05. The molecule has 150 valence electrons. The summed E-state index contributed by atoms with van der Waals surface area (Å²) < 4.78 is 26.8. The molecule has 0 aliphatic carbocycles. The summed E-state index contributed by atoms with van der Waals surface area (Å²) >= 11 is 5.89. The Morgan fingerprint density at radius 3 is 2.50 bits per heavy atom. The molecule has 2 aromatic rings. The Hall–Kier alpha value is -1.93. The molecule has 1 saturated heterocycles. The summed E-state index contributed by atoms with van der Waals surface area (Å²) in [5.41, 5.74) is 1.49. The zero-order valence-electron chi connectivity index (χ0n) is 15.7. The van der Waals surface area contributed by atoms with E-state index >= 15 is 0 Å². The van der Waals surface area contributed by atoms with Gasteiger partial charge < -0.3 is 10.6 Å². The molecule has 0 saturated carbocycles. The van der Waals surface area contributed by atoms with Gasteiger partial charge in [0.2, 0.25) is 15.9 Å². The van der Waals surface area contributed by atoms with Crippen molar-refractivity contribution in [1.82, 2.24) is 9.62 Å². The van der Waals surface area contributed by atoms with Crippen LogP contribution in [0.25, 0.3) is 0 Å². The molecule has 6 nitrogen and oxygen atoms in total. The van der Waals surface area contributed by atoms with Crippen LogP contribution in [0.15, 0.2) is 53.4 Å². The number of carbonyl (C=O) groups excluding carboxylic acids is 1. The second-order valence-corrected chi connectivity index (χ2v) is 9.22. The van der Waals surface area contributed by atoms with Gasteiger partial charge in [0.25, 0.3) is 0 Å². The first-order valence-electron chi connectivity index (χ1n) is 9.25. The zero-order chi connectivity index (χ0) is 20.1. The highest BCUT2D eigenvalue weighted by atomic mass is 35.5. The second-order valence-electron chi connectivity index (χ2n) is 6.84. The molecule has 1 atom stereocenters. The largest absolute Gasteiger partial charge is 0.325 e. The number of hydrogen-bond donors (Lipinski definition) is 2. The molecule has 1 amide bonds.